The molecule has 0 aliphatic rings. The number of likely N-dealkylation sites (N-methyl/N-ethyl adjacent to an activating group) is 1. The maximum Gasteiger partial charge on any atom is 0.251 e. The van der Waals surface area contributed by atoms with Gasteiger partial charge < -0.3 is 15.5 Å². The molecular weight excluding hydrogens is 402 g/mol. The van der Waals surface area contributed by atoms with Crippen molar-refractivity contribution < 1.29 is 14.4 Å². The number of hydrogen-bond donors (Lipinski definition) is 2. The van der Waals surface area contributed by atoms with E-state index in [0.29, 0.717) is 10.6 Å². The summed E-state index contributed by atoms with van der Waals surface area (Å²) in [5, 5.41) is 6.15. The van der Waals surface area contributed by atoms with Gasteiger partial charge in [0.1, 0.15) is 6.04 Å². The molecule has 2 rings (SSSR count). The van der Waals surface area contributed by atoms with Crippen molar-refractivity contribution in [2.24, 2.45) is 5.92 Å². The second kappa shape index (κ2) is 10.8. The van der Waals surface area contributed by atoms with Crippen molar-refractivity contribution in [2.75, 3.05) is 18.9 Å². The predicted octanol–water partition coefficient (Wildman–Crippen LogP) is 3.75. The van der Waals surface area contributed by atoms with E-state index in [1.54, 1.807) is 31.3 Å². The first-order chi connectivity index (χ1) is 14.2. The molecule has 0 fully saturated rings. The van der Waals surface area contributed by atoms with E-state index in [1.165, 1.54) is 4.90 Å². The molecule has 160 valence electrons. The minimum Gasteiger partial charge on any atom is -0.340 e. The third kappa shape index (κ3) is 6.32. The van der Waals surface area contributed by atoms with Crippen LogP contribution in [-0.4, -0.2) is 42.3 Å². The lowest BCUT2D eigenvalue weighted by Crippen LogP contribution is -2.51. The molecular formula is C23H28ClN3O3. The van der Waals surface area contributed by atoms with Crippen LogP contribution in [0, 0.1) is 5.92 Å². The highest BCUT2D eigenvalue weighted by molar-refractivity contribution is 6.30. The number of aryl methyl sites for hydroxylation is 1. The quantitative estimate of drug-likeness (QED) is 0.670. The average molecular weight is 430 g/mol. The number of anilines is 1. The third-order valence-corrected chi connectivity index (χ3v) is 5.01. The van der Waals surface area contributed by atoms with Crippen molar-refractivity contribution in [2.45, 2.75) is 33.2 Å². The molecule has 2 aromatic carbocycles. The Bertz CT molecular complexity index is 897. The molecule has 7 heteroatoms. The monoisotopic (exact) mass is 429 g/mol. The third-order valence-electron chi connectivity index (χ3n) is 4.76. The summed E-state index contributed by atoms with van der Waals surface area (Å²) in [7, 11) is 1.55. The highest BCUT2D eigenvalue weighted by atomic mass is 35.5. The molecule has 2 N–H and O–H groups in total. The van der Waals surface area contributed by atoms with Gasteiger partial charge in [0.05, 0.1) is 6.54 Å². The smallest absolute Gasteiger partial charge is 0.251 e. The number of nitrogens with one attached hydrogen (secondary N) is 2. The lowest BCUT2D eigenvalue weighted by Gasteiger charge is -2.27. The number of hydrogen-bond acceptors (Lipinski definition) is 3. The molecule has 0 heterocycles. The van der Waals surface area contributed by atoms with Crippen molar-refractivity contribution in [1.29, 1.82) is 0 Å². The summed E-state index contributed by atoms with van der Waals surface area (Å²) in [6, 6.07) is 13.2. The number of para-hydroxylation sites is 1. The second-order valence-electron chi connectivity index (χ2n) is 7.46. The Morgan fingerprint density at radius 3 is 2.27 bits per heavy atom. The van der Waals surface area contributed by atoms with Crippen LogP contribution in [0.15, 0.2) is 48.5 Å². The van der Waals surface area contributed by atoms with Gasteiger partial charge in [-0.15, -0.1) is 0 Å². The molecule has 3 amide bonds. The number of rotatable bonds is 8. The summed E-state index contributed by atoms with van der Waals surface area (Å²) in [6.07, 6.45) is 0.789. The summed E-state index contributed by atoms with van der Waals surface area (Å²) in [5.74, 6) is -1.14. The molecule has 6 nitrogen and oxygen atoms in total. The Hall–Kier alpha value is -2.86. The summed E-state index contributed by atoms with van der Waals surface area (Å²) in [4.78, 5) is 39.2. The Morgan fingerprint density at radius 1 is 1.03 bits per heavy atom. The van der Waals surface area contributed by atoms with Gasteiger partial charge >= 0.3 is 0 Å². The zero-order chi connectivity index (χ0) is 22.3. The van der Waals surface area contributed by atoms with E-state index in [-0.39, 0.29) is 30.2 Å². The first kappa shape index (κ1) is 23.4. The van der Waals surface area contributed by atoms with Gasteiger partial charge in [-0.3, -0.25) is 14.4 Å². The fourth-order valence-electron chi connectivity index (χ4n) is 3.01. The number of carbonyl (C=O) groups excluding carboxylic acids is 3. The number of benzene rings is 2. The van der Waals surface area contributed by atoms with Crippen LogP contribution in [0.25, 0.3) is 0 Å². The lowest BCUT2D eigenvalue weighted by atomic mass is 10.0. The summed E-state index contributed by atoms with van der Waals surface area (Å²) < 4.78 is 0. The summed E-state index contributed by atoms with van der Waals surface area (Å²) in [5.41, 5.74) is 2.17. The first-order valence-electron chi connectivity index (χ1n) is 9.92. The molecule has 0 aliphatic carbocycles. The maximum absolute atomic E-state index is 12.9. The van der Waals surface area contributed by atoms with E-state index in [0.717, 1.165) is 17.7 Å². The topological polar surface area (TPSA) is 78.5 Å². The van der Waals surface area contributed by atoms with Crippen molar-refractivity contribution >= 4 is 35.0 Å². The van der Waals surface area contributed by atoms with Gasteiger partial charge in [-0.05, 0) is 48.2 Å². The van der Waals surface area contributed by atoms with Crippen molar-refractivity contribution in [3.05, 3.63) is 64.7 Å². The van der Waals surface area contributed by atoms with E-state index < -0.39 is 6.04 Å². The Morgan fingerprint density at radius 2 is 1.67 bits per heavy atom. The molecule has 0 aliphatic heterocycles. The van der Waals surface area contributed by atoms with E-state index in [9.17, 15) is 14.4 Å². The molecule has 0 bridgehead atoms. The zero-order valence-electron chi connectivity index (χ0n) is 17.7. The minimum absolute atomic E-state index is 0.114. The van der Waals surface area contributed by atoms with Gasteiger partial charge in [0, 0.05) is 23.3 Å². The van der Waals surface area contributed by atoms with E-state index in [1.807, 2.05) is 45.0 Å². The van der Waals surface area contributed by atoms with Gasteiger partial charge in [0.2, 0.25) is 11.8 Å². The Kier molecular flexibility index (Phi) is 8.42. The van der Waals surface area contributed by atoms with Crippen LogP contribution in [0.2, 0.25) is 5.02 Å². The first-order valence-corrected chi connectivity index (χ1v) is 10.3. The molecule has 0 radical (unpaired) electrons. The SMILES string of the molecule is CCc1ccccc1NC(=O)CN(C)C(=O)C(NC(=O)c1ccc(Cl)cc1)C(C)C. The van der Waals surface area contributed by atoms with E-state index in [4.69, 9.17) is 11.6 Å². The van der Waals surface area contributed by atoms with Crippen LogP contribution in [0.3, 0.4) is 0 Å². The standard InChI is InChI=1S/C23H28ClN3O3/c1-5-16-8-6-7-9-19(16)25-20(28)14-27(4)23(30)21(15(2)3)26-22(29)17-10-12-18(24)13-11-17/h6-13,15,21H,5,14H2,1-4H3,(H,25,28)(H,26,29). The lowest BCUT2D eigenvalue weighted by molar-refractivity contribution is -0.135. The van der Waals surface area contributed by atoms with Crippen LogP contribution in [-0.2, 0) is 16.0 Å². The summed E-state index contributed by atoms with van der Waals surface area (Å²) >= 11 is 5.86. The number of nitrogens with zero attached hydrogens (tertiary/aromatic N) is 1. The highest BCUT2D eigenvalue weighted by Gasteiger charge is 2.28. The fourth-order valence-corrected chi connectivity index (χ4v) is 3.14. The highest BCUT2D eigenvalue weighted by Crippen LogP contribution is 2.16. The number of carbonyl (C=O) groups is 3. The Balaban J connectivity index is 2.02. The molecule has 1 atom stereocenters. The van der Waals surface area contributed by atoms with Crippen LogP contribution >= 0.6 is 11.6 Å². The van der Waals surface area contributed by atoms with Crippen LogP contribution in [0.1, 0.15) is 36.7 Å². The fraction of sp³-hybridized carbons (Fsp3) is 0.348. The largest absolute Gasteiger partial charge is 0.340 e. The average Bonchev–Trinajstić information content (AvgIpc) is 2.71. The van der Waals surface area contributed by atoms with Crippen molar-refractivity contribution in [3.8, 4) is 0 Å². The predicted molar refractivity (Wildman–Crippen MR) is 120 cm³/mol. The van der Waals surface area contributed by atoms with Gasteiger partial charge in [-0.2, -0.15) is 0 Å². The Labute approximate surface area is 182 Å². The zero-order valence-corrected chi connectivity index (χ0v) is 18.5. The van der Waals surface area contributed by atoms with Crippen LogP contribution in [0.5, 0.6) is 0 Å². The number of halogens is 1. The molecule has 2 aromatic rings. The van der Waals surface area contributed by atoms with Crippen LogP contribution in [0.4, 0.5) is 5.69 Å². The van der Waals surface area contributed by atoms with Gasteiger partial charge in [-0.1, -0.05) is 50.6 Å². The summed E-state index contributed by atoms with van der Waals surface area (Å²) in [6.45, 7) is 5.58. The minimum atomic E-state index is -0.756. The molecule has 0 spiro atoms. The van der Waals surface area contributed by atoms with E-state index >= 15 is 0 Å². The molecule has 0 saturated carbocycles. The van der Waals surface area contributed by atoms with Crippen molar-refractivity contribution in [1.82, 2.24) is 10.2 Å². The molecule has 30 heavy (non-hydrogen) atoms. The maximum atomic E-state index is 12.9. The van der Waals surface area contributed by atoms with Crippen LogP contribution < -0.4 is 10.6 Å². The molecule has 0 aromatic heterocycles. The van der Waals surface area contributed by atoms with Gasteiger partial charge in [0.15, 0.2) is 0 Å². The number of amides is 3. The van der Waals surface area contributed by atoms with Gasteiger partial charge in [0.25, 0.3) is 5.91 Å². The second-order valence-corrected chi connectivity index (χ2v) is 7.89. The molecule has 1 unspecified atom stereocenters. The van der Waals surface area contributed by atoms with E-state index in [2.05, 4.69) is 10.6 Å². The molecule has 0 saturated heterocycles. The normalized spacial score (nSPS) is 11.7. The van der Waals surface area contributed by atoms with Crippen molar-refractivity contribution in [3.63, 3.8) is 0 Å². The van der Waals surface area contributed by atoms with Gasteiger partial charge in [-0.25, -0.2) is 0 Å².